The zero-order valence-corrected chi connectivity index (χ0v) is 13.5. The predicted octanol–water partition coefficient (Wildman–Crippen LogP) is 3.87. The minimum absolute atomic E-state index is 0.436. The van der Waals surface area contributed by atoms with Gasteiger partial charge in [-0.05, 0) is 51.8 Å². The highest BCUT2D eigenvalue weighted by Gasteiger charge is 2.23. The average molecular weight is 291 g/mol. The van der Waals surface area contributed by atoms with E-state index in [1.54, 1.807) is 13.8 Å². The average Bonchev–Trinajstić information content (AvgIpc) is 2.72. The van der Waals surface area contributed by atoms with Crippen LogP contribution in [0.1, 0.15) is 40.6 Å². The van der Waals surface area contributed by atoms with Crippen LogP contribution in [0.15, 0.2) is 18.2 Å². The zero-order chi connectivity index (χ0) is 14.9. The number of nitrogens with zero attached hydrogens (tertiary/aromatic N) is 1. The minimum Gasteiger partial charge on any atom is -0.486 e. The molecule has 0 spiro atoms. The molecule has 1 N–H and O–H groups in total. The predicted molar refractivity (Wildman–Crippen MR) is 82.3 cm³/mol. The lowest BCUT2D eigenvalue weighted by Crippen LogP contribution is -2.14. The zero-order valence-electron chi connectivity index (χ0n) is 12.7. The van der Waals surface area contributed by atoms with E-state index in [2.05, 4.69) is 24.9 Å². The van der Waals surface area contributed by atoms with Gasteiger partial charge in [-0.25, -0.2) is 4.98 Å². The van der Waals surface area contributed by atoms with Crippen LogP contribution in [0.5, 0.6) is 5.75 Å². The van der Waals surface area contributed by atoms with Gasteiger partial charge >= 0.3 is 0 Å². The van der Waals surface area contributed by atoms with Crippen molar-refractivity contribution < 1.29 is 9.84 Å². The Morgan fingerprint density at radius 2 is 1.95 bits per heavy atom. The summed E-state index contributed by atoms with van der Waals surface area (Å²) in [6, 6.07) is 6.04. The lowest BCUT2D eigenvalue weighted by atomic mass is 10.1. The molecule has 0 saturated heterocycles. The molecule has 1 aromatic heterocycles. The summed E-state index contributed by atoms with van der Waals surface area (Å²) < 4.78 is 5.85. The molecule has 4 heteroatoms. The van der Waals surface area contributed by atoms with E-state index >= 15 is 0 Å². The Morgan fingerprint density at radius 3 is 2.55 bits per heavy atom. The van der Waals surface area contributed by atoms with Crippen molar-refractivity contribution in [1.29, 1.82) is 0 Å². The van der Waals surface area contributed by atoms with E-state index in [1.807, 2.05) is 19.1 Å². The van der Waals surface area contributed by atoms with E-state index in [0.717, 1.165) is 26.9 Å². The van der Waals surface area contributed by atoms with Gasteiger partial charge in [0.25, 0.3) is 0 Å². The van der Waals surface area contributed by atoms with Crippen molar-refractivity contribution in [3.8, 4) is 5.75 Å². The fourth-order valence-electron chi connectivity index (χ4n) is 2.10. The largest absolute Gasteiger partial charge is 0.486 e. The van der Waals surface area contributed by atoms with Crippen molar-refractivity contribution in [2.75, 3.05) is 0 Å². The van der Waals surface area contributed by atoms with E-state index in [-0.39, 0.29) is 0 Å². The van der Waals surface area contributed by atoms with E-state index in [1.165, 1.54) is 16.9 Å². The fraction of sp³-hybridized carbons (Fsp3) is 0.438. The molecule has 0 aliphatic heterocycles. The summed E-state index contributed by atoms with van der Waals surface area (Å²) in [5.41, 5.74) is 2.40. The van der Waals surface area contributed by atoms with Crippen molar-refractivity contribution in [1.82, 2.24) is 4.98 Å². The number of aliphatic hydroxyl groups is 1. The molecule has 0 saturated carbocycles. The maximum atomic E-state index is 10.1. The Kier molecular flexibility index (Phi) is 4.16. The first kappa shape index (κ1) is 15.0. The second-order valence-electron chi connectivity index (χ2n) is 5.57. The quantitative estimate of drug-likeness (QED) is 0.929. The maximum absolute atomic E-state index is 10.1. The Labute approximate surface area is 124 Å². The first-order valence-corrected chi connectivity index (χ1v) is 7.49. The van der Waals surface area contributed by atoms with Gasteiger partial charge < -0.3 is 9.84 Å². The van der Waals surface area contributed by atoms with E-state index < -0.39 is 5.60 Å². The second-order valence-corrected chi connectivity index (χ2v) is 6.65. The molecule has 1 aromatic carbocycles. The third kappa shape index (κ3) is 3.19. The Bertz CT molecular complexity index is 611. The molecule has 0 fully saturated rings. The summed E-state index contributed by atoms with van der Waals surface area (Å²) in [6.07, 6.45) is 0. The molecule has 0 unspecified atom stereocenters. The lowest BCUT2D eigenvalue weighted by Gasteiger charge is -2.15. The van der Waals surface area contributed by atoms with Crippen LogP contribution in [-0.4, -0.2) is 10.1 Å². The Balaban J connectivity index is 2.14. The smallest absolute Gasteiger partial charge is 0.140 e. The summed E-state index contributed by atoms with van der Waals surface area (Å²) in [5, 5.41) is 11.0. The highest BCUT2D eigenvalue weighted by molar-refractivity contribution is 7.11. The third-order valence-corrected chi connectivity index (χ3v) is 4.75. The van der Waals surface area contributed by atoms with Crippen LogP contribution in [-0.2, 0) is 12.2 Å². The molecule has 2 aromatic rings. The number of hydrogen-bond acceptors (Lipinski definition) is 4. The van der Waals surface area contributed by atoms with Gasteiger partial charge in [0, 0.05) is 0 Å². The molecule has 20 heavy (non-hydrogen) atoms. The first-order valence-electron chi connectivity index (χ1n) is 6.67. The van der Waals surface area contributed by atoms with Crippen molar-refractivity contribution in [2.24, 2.45) is 0 Å². The van der Waals surface area contributed by atoms with Gasteiger partial charge in [0.1, 0.15) is 17.4 Å². The van der Waals surface area contributed by atoms with Crippen LogP contribution < -0.4 is 4.74 Å². The molecule has 2 rings (SSSR count). The number of aryl methyl sites for hydroxylation is 2. The van der Waals surface area contributed by atoms with Gasteiger partial charge in [-0.1, -0.05) is 12.1 Å². The maximum Gasteiger partial charge on any atom is 0.140 e. The lowest BCUT2D eigenvalue weighted by molar-refractivity contribution is 0.0817. The Morgan fingerprint density at radius 1 is 1.25 bits per heavy atom. The van der Waals surface area contributed by atoms with Crippen LogP contribution in [0.25, 0.3) is 0 Å². The van der Waals surface area contributed by atoms with Crippen molar-refractivity contribution in [3.05, 3.63) is 44.9 Å². The SMILES string of the molecule is Cc1cccc(OCc2nc(C)c(C(C)(C)O)s2)c1C. The van der Waals surface area contributed by atoms with Crippen LogP contribution in [0, 0.1) is 20.8 Å². The molecule has 3 nitrogen and oxygen atoms in total. The molecule has 1 heterocycles. The molecule has 0 radical (unpaired) electrons. The van der Waals surface area contributed by atoms with Crippen molar-refractivity contribution in [3.63, 3.8) is 0 Å². The topological polar surface area (TPSA) is 42.4 Å². The van der Waals surface area contributed by atoms with Crippen LogP contribution in [0.3, 0.4) is 0 Å². The third-order valence-electron chi connectivity index (χ3n) is 3.30. The molecule has 0 amide bonds. The van der Waals surface area contributed by atoms with E-state index in [4.69, 9.17) is 4.74 Å². The molecular formula is C16H21NO2S. The number of hydrogen-bond donors (Lipinski definition) is 1. The van der Waals surface area contributed by atoms with E-state index in [0.29, 0.717) is 6.61 Å². The van der Waals surface area contributed by atoms with Gasteiger partial charge in [0.2, 0.25) is 0 Å². The molecular weight excluding hydrogens is 270 g/mol. The number of rotatable bonds is 4. The standard InChI is InChI=1S/C16H21NO2S/c1-10-7-6-8-13(11(10)2)19-9-14-17-12(3)15(20-14)16(4,5)18/h6-8,18H,9H2,1-5H3. The van der Waals surface area contributed by atoms with Gasteiger partial charge in [-0.3, -0.25) is 0 Å². The Hall–Kier alpha value is -1.39. The molecule has 108 valence electrons. The number of ether oxygens (including phenoxy) is 1. The minimum atomic E-state index is -0.848. The normalized spacial score (nSPS) is 11.7. The van der Waals surface area contributed by atoms with Crippen molar-refractivity contribution in [2.45, 2.75) is 46.8 Å². The highest BCUT2D eigenvalue weighted by atomic mass is 32.1. The van der Waals surface area contributed by atoms with Gasteiger partial charge in [0.15, 0.2) is 0 Å². The van der Waals surface area contributed by atoms with Crippen LogP contribution in [0.4, 0.5) is 0 Å². The summed E-state index contributed by atoms with van der Waals surface area (Å²) in [4.78, 5) is 5.38. The molecule has 0 aliphatic rings. The molecule has 0 bridgehead atoms. The number of thiazole rings is 1. The second kappa shape index (κ2) is 5.54. The van der Waals surface area contributed by atoms with Gasteiger partial charge in [-0.15, -0.1) is 11.3 Å². The molecule has 0 aliphatic carbocycles. The van der Waals surface area contributed by atoms with E-state index in [9.17, 15) is 5.11 Å². The summed E-state index contributed by atoms with van der Waals surface area (Å²) in [6.45, 7) is 10.0. The van der Waals surface area contributed by atoms with Crippen LogP contribution >= 0.6 is 11.3 Å². The summed E-state index contributed by atoms with van der Waals surface area (Å²) in [7, 11) is 0. The van der Waals surface area contributed by atoms with Gasteiger partial charge in [-0.2, -0.15) is 0 Å². The fourth-order valence-corrected chi connectivity index (χ4v) is 3.08. The molecule has 0 atom stereocenters. The highest BCUT2D eigenvalue weighted by Crippen LogP contribution is 2.30. The first-order chi connectivity index (χ1) is 9.29. The van der Waals surface area contributed by atoms with Crippen molar-refractivity contribution >= 4 is 11.3 Å². The number of aromatic nitrogens is 1. The van der Waals surface area contributed by atoms with Gasteiger partial charge in [0.05, 0.1) is 16.2 Å². The van der Waals surface area contributed by atoms with Crippen LogP contribution in [0.2, 0.25) is 0 Å². The summed E-state index contributed by atoms with van der Waals surface area (Å²) in [5.74, 6) is 0.891. The number of benzene rings is 1. The summed E-state index contributed by atoms with van der Waals surface area (Å²) >= 11 is 1.51. The monoisotopic (exact) mass is 291 g/mol.